The summed E-state index contributed by atoms with van der Waals surface area (Å²) in [6, 6.07) is -0.0420. The molecule has 0 spiro atoms. The number of hydrogen-bond acceptors (Lipinski definition) is 3. The number of aryl methyl sites for hydroxylation is 1. The molecule has 0 bridgehead atoms. The molecule has 0 saturated heterocycles. The van der Waals surface area contributed by atoms with Gasteiger partial charge in [-0.15, -0.1) is 0 Å². The Bertz CT molecular complexity index is 371. The number of nitrogens with two attached hydrogens (primary N) is 1. The predicted octanol–water partition coefficient (Wildman–Crippen LogP) is 1.59. The van der Waals surface area contributed by atoms with Crippen LogP contribution in [0.25, 0.3) is 0 Å². The maximum absolute atomic E-state index is 14.5. The van der Waals surface area contributed by atoms with Gasteiger partial charge in [0.05, 0.1) is 13.3 Å². The van der Waals surface area contributed by atoms with Crippen molar-refractivity contribution in [2.24, 2.45) is 5.73 Å². The summed E-state index contributed by atoms with van der Waals surface area (Å²) in [6.45, 7) is 2.74. The highest BCUT2D eigenvalue weighted by Crippen LogP contribution is 2.47. The van der Waals surface area contributed by atoms with Gasteiger partial charge in [-0.1, -0.05) is 6.92 Å². The van der Waals surface area contributed by atoms with E-state index in [0.717, 1.165) is 6.42 Å². The van der Waals surface area contributed by atoms with Gasteiger partial charge < -0.3 is 10.5 Å². The zero-order valence-electron chi connectivity index (χ0n) is 9.74. The molecule has 0 aromatic carbocycles. The van der Waals surface area contributed by atoms with Crippen molar-refractivity contribution in [3.05, 3.63) is 11.9 Å². The molecule has 90 valence electrons. The number of halogens is 1. The molecule has 0 unspecified atom stereocenters. The second-order valence-corrected chi connectivity index (χ2v) is 4.42. The minimum absolute atomic E-state index is 0.0420. The smallest absolute Gasteiger partial charge is 0.163 e. The lowest BCUT2D eigenvalue weighted by Gasteiger charge is -2.39. The Morgan fingerprint density at radius 3 is 2.88 bits per heavy atom. The van der Waals surface area contributed by atoms with Crippen LogP contribution in [0.15, 0.2) is 6.20 Å². The molecule has 1 fully saturated rings. The van der Waals surface area contributed by atoms with Crippen LogP contribution in [0.5, 0.6) is 5.75 Å². The molecule has 0 aliphatic heterocycles. The normalized spacial score (nSPS) is 28.9. The fraction of sp³-hybridized carbons (Fsp3) is 0.727. The molecule has 5 heteroatoms. The van der Waals surface area contributed by atoms with Gasteiger partial charge in [0.2, 0.25) is 0 Å². The highest BCUT2D eigenvalue weighted by Gasteiger charge is 2.48. The summed E-state index contributed by atoms with van der Waals surface area (Å²) >= 11 is 0. The molecule has 1 aromatic heterocycles. The molecule has 0 radical (unpaired) electrons. The number of ether oxygens (including phenoxy) is 1. The number of rotatable bonds is 4. The summed E-state index contributed by atoms with van der Waals surface area (Å²) in [4.78, 5) is 0. The number of aromatic nitrogens is 2. The van der Waals surface area contributed by atoms with E-state index < -0.39 is 5.67 Å². The van der Waals surface area contributed by atoms with Crippen molar-refractivity contribution >= 4 is 0 Å². The molecule has 1 saturated carbocycles. The van der Waals surface area contributed by atoms with Gasteiger partial charge in [0.1, 0.15) is 5.69 Å². The second kappa shape index (κ2) is 4.05. The van der Waals surface area contributed by atoms with Crippen molar-refractivity contribution in [1.82, 2.24) is 9.78 Å². The van der Waals surface area contributed by atoms with Crippen molar-refractivity contribution < 1.29 is 9.13 Å². The third-order valence-electron chi connectivity index (χ3n) is 3.06. The van der Waals surface area contributed by atoms with Crippen molar-refractivity contribution in [2.75, 3.05) is 7.11 Å². The van der Waals surface area contributed by atoms with Gasteiger partial charge in [0.25, 0.3) is 0 Å². The van der Waals surface area contributed by atoms with E-state index >= 15 is 0 Å². The van der Waals surface area contributed by atoms with Gasteiger partial charge >= 0.3 is 0 Å². The highest BCUT2D eigenvalue weighted by atomic mass is 19.1. The topological polar surface area (TPSA) is 53.1 Å². The van der Waals surface area contributed by atoms with Gasteiger partial charge in [-0.3, -0.25) is 4.68 Å². The van der Waals surface area contributed by atoms with E-state index in [1.165, 1.54) is 0 Å². The Hall–Kier alpha value is -1.10. The minimum Gasteiger partial charge on any atom is -0.493 e. The van der Waals surface area contributed by atoms with Crippen LogP contribution < -0.4 is 10.5 Å². The lowest BCUT2D eigenvalue weighted by molar-refractivity contribution is 0.0285. The van der Waals surface area contributed by atoms with Crippen molar-refractivity contribution in [1.29, 1.82) is 0 Å². The van der Waals surface area contributed by atoms with E-state index in [-0.39, 0.29) is 6.04 Å². The highest BCUT2D eigenvalue weighted by molar-refractivity contribution is 5.33. The van der Waals surface area contributed by atoms with Crippen LogP contribution in [0, 0.1) is 0 Å². The van der Waals surface area contributed by atoms with Crippen molar-refractivity contribution in [2.45, 2.75) is 44.4 Å². The first-order valence-corrected chi connectivity index (χ1v) is 5.65. The zero-order valence-corrected chi connectivity index (χ0v) is 9.74. The molecule has 0 amide bonds. The molecule has 2 rings (SSSR count). The third kappa shape index (κ3) is 1.69. The molecule has 4 nitrogen and oxygen atoms in total. The average Bonchev–Trinajstić information content (AvgIpc) is 2.59. The summed E-state index contributed by atoms with van der Waals surface area (Å²) in [6.07, 6.45) is 3.22. The van der Waals surface area contributed by atoms with Crippen LogP contribution in [0.4, 0.5) is 4.39 Å². The molecule has 1 aromatic rings. The van der Waals surface area contributed by atoms with E-state index in [0.29, 0.717) is 30.8 Å². The Morgan fingerprint density at radius 2 is 2.38 bits per heavy atom. The van der Waals surface area contributed by atoms with Crippen molar-refractivity contribution in [3.8, 4) is 5.75 Å². The quantitative estimate of drug-likeness (QED) is 0.849. The van der Waals surface area contributed by atoms with Gasteiger partial charge in [0.15, 0.2) is 11.4 Å². The predicted molar refractivity (Wildman–Crippen MR) is 59.1 cm³/mol. The van der Waals surface area contributed by atoms with Gasteiger partial charge in [0, 0.05) is 25.4 Å². The Labute approximate surface area is 94.6 Å². The maximum Gasteiger partial charge on any atom is 0.163 e. The summed E-state index contributed by atoms with van der Waals surface area (Å²) in [5, 5.41) is 4.16. The molecule has 2 N–H and O–H groups in total. The summed E-state index contributed by atoms with van der Waals surface area (Å²) in [5.74, 6) is 0.530. The zero-order chi connectivity index (χ0) is 11.8. The first-order valence-electron chi connectivity index (χ1n) is 5.65. The molecule has 1 aliphatic carbocycles. The molecule has 1 heterocycles. The van der Waals surface area contributed by atoms with E-state index in [4.69, 9.17) is 10.5 Å². The van der Waals surface area contributed by atoms with Crippen LogP contribution in [-0.4, -0.2) is 22.9 Å². The van der Waals surface area contributed by atoms with Gasteiger partial charge in [-0.2, -0.15) is 5.10 Å². The van der Waals surface area contributed by atoms with Crippen LogP contribution >= 0.6 is 0 Å². The maximum atomic E-state index is 14.5. The summed E-state index contributed by atoms with van der Waals surface area (Å²) < 4.78 is 21.4. The van der Waals surface area contributed by atoms with Crippen LogP contribution in [-0.2, 0) is 12.2 Å². The summed E-state index contributed by atoms with van der Waals surface area (Å²) in [7, 11) is 1.54. The Morgan fingerprint density at radius 1 is 1.69 bits per heavy atom. The SMILES string of the molecule is CCCn1ncc(OC)c1C1(F)CC(N)C1. The first kappa shape index (κ1) is 11.4. The Balaban J connectivity index is 2.33. The molecular weight excluding hydrogens is 209 g/mol. The van der Waals surface area contributed by atoms with E-state index in [1.54, 1.807) is 18.0 Å². The largest absolute Gasteiger partial charge is 0.493 e. The lowest BCUT2D eigenvalue weighted by Crippen LogP contribution is -2.47. The Kier molecular flexibility index (Phi) is 2.88. The molecular formula is C11H18FN3O. The fourth-order valence-electron chi connectivity index (χ4n) is 2.32. The number of hydrogen-bond donors (Lipinski definition) is 1. The number of alkyl halides is 1. The van der Waals surface area contributed by atoms with Crippen LogP contribution in [0.3, 0.4) is 0 Å². The van der Waals surface area contributed by atoms with Crippen LogP contribution in [0.1, 0.15) is 31.9 Å². The third-order valence-corrected chi connectivity index (χ3v) is 3.06. The number of methoxy groups -OCH3 is 1. The van der Waals surface area contributed by atoms with Gasteiger partial charge in [-0.05, 0) is 6.42 Å². The van der Waals surface area contributed by atoms with E-state index in [2.05, 4.69) is 5.10 Å². The minimum atomic E-state index is -1.35. The monoisotopic (exact) mass is 227 g/mol. The van der Waals surface area contributed by atoms with E-state index in [9.17, 15) is 4.39 Å². The second-order valence-electron chi connectivity index (χ2n) is 4.42. The number of nitrogens with zero attached hydrogens (tertiary/aromatic N) is 2. The molecule has 1 aliphatic rings. The standard InChI is InChI=1S/C11H18FN3O/c1-3-4-15-10(9(16-2)7-14-15)11(12)5-8(13)6-11/h7-8H,3-6,13H2,1-2H3. The van der Waals surface area contributed by atoms with E-state index in [1.807, 2.05) is 6.92 Å². The lowest BCUT2D eigenvalue weighted by atomic mass is 9.75. The first-order chi connectivity index (χ1) is 7.60. The summed E-state index contributed by atoms with van der Waals surface area (Å²) in [5.41, 5.74) is 4.87. The van der Waals surface area contributed by atoms with Crippen LogP contribution in [0.2, 0.25) is 0 Å². The average molecular weight is 227 g/mol. The fourth-order valence-corrected chi connectivity index (χ4v) is 2.32. The van der Waals surface area contributed by atoms with Gasteiger partial charge in [-0.25, -0.2) is 4.39 Å². The molecule has 16 heavy (non-hydrogen) atoms. The molecule has 0 atom stereocenters. The van der Waals surface area contributed by atoms with Crippen molar-refractivity contribution in [3.63, 3.8) is 0 Å².